The molecule has 1 aromatic heterocycles. The standard InChI is InChI=1S/C18H23N3O2/c1-4-10-23-15-7-8-16(14(3)11-15)21-18(22)20-12-17-13(2)6-5-9-19-17/h5-9,11H,4,10,12H2,1-3H3,(H2,20,21,22). The first-order valence-electron chi connectivity index (χ1n) is 7.79. The predicted octanol–water partition coefficient (Wildman–Crippen LogP) is 3.81. The van der Waals surface area contributed by atoms with Crippen molar-refractivity contribution in [3.63, 3.8) is 0 Å². The normalized spacial score (nSPS) is 10.2. The number of carbonyl (C=O) groups is 1. The third-order valence-electron chi connectivity index (χ3n) is 3.45. The van der Waals surface area contributed by atoms with Gasteiger partial charge in [-0.25, -0.2) is 4.79 Å². The number of nitrogens with zero attached hydrogens (tertiary/aromatic N) is 1. The molecule has 5 nitrogen and oxygen atoms in total. The van der Waals surface area contributed by atoms with Gasteiger partial charge in [0.25, 0.3) is 0 Å². The Hall–Kier alpha value is -2.56. The average molecular weight is 313 g/mol. The molecule has 0 saturated heterocycles. The van der Waals surface area contributed by atoms with Crippen molar-refractivity contribution in [3.05, 3.63) is 53.3 Å². The molecule has 0 aliphatic heterocycles. The lowest BCUT2D eigenvalue weighted by atomic mass is 10.2. The number of anilines is 1. The lowest BCUT2D eigenvalue weighted by Crippen LogP contribution is -2.29. The molecule has 0 radical (unpaired) electrons. The Labute approximate surface area is 137 Å². The fourth-order valence-corrected chi connectivity index (χ4v) is 2.12. The number of amides is 2. The van der Waals surface area contributed by atoms with E-state index in [-0.39, 0.29) is 6.03 Å². The molecule has 0 spiro atoms. The monoisotopic (exact) mass is 313 g/mol. The maximum absolute atomic E-state index is 12.0. The van der Waals surface area contributed by atoms with Crippen LogP contribution in [-0.2, 0) is 6.54 Å². The number of aryl methyl sites for hydroxylation is 2. The molecule has 2 aromatic rings. The van der Waals surface area contributed by atoms with Gasteiger partial charge in [0.1, 0.15) is 5.75 Å². The summed E-state index contributed by atoms with van der Waals surface area (Å²) in [4.78, 5) is 16.3. The van der Waals surface area contributed by atoms with E-state index in [9.17, 15) is 4.79 Å². The summed E-state index contributed by atoms with van der Waals surface area (Å²) in [5.41, 5.74) is 3.65. The molecule has 0 fully saturated rings. The van der Waals surface area contributed by atoms with Gasteiger partial charge in [0.05, 0.1) is 18.8 Å². The van der Waals surface area contributed by atoms with Crippen LogP contribution in [0.3, 0.4) is 0 Å². The van der Waals surface area contributed by atoms with Crippen molar-refractivity contribution in [2.45, 2.75) is 33.7 Å². The molecule has 23 heavy (non-hydrogen) atoms. The van der Waals surface area contributed by atoms with Gasteiger partial charge in [0, 0.05) is 11.9 Å². The minimum absolute atomic E-state index is 0.250. The van der Waals surface area contributed by atoms with E-state index in [1.807, 2.05) is 44.2 Å². The first-order valence-corrected chi connectivity index (χ1v) is 7.79. The number of urea groups is 1. The first-order chi connectivity index (χ1) is 11.1. The second kappa shape index (κ2) is 8.17. The summed E-state index contributed by atoms with van der Waals surface area (Å²) in [6.07, 6.45) is 2.69. The van der Waals surface area contributed by atoms with Crippen molar-refractivity contribution in [2.75, 3.05) is 11.9 Å². The number of benzene rings is 1. The number of hydrogen-bond acceptors (Lipinski definition) is 3. The highest BCUT2D eigenvalue weighted by Crippen LogP contribution is 2.21. The summed E-state index contributed by atoms with van der Waals surface area (Å²) in [5.74, 6) is 0.819. The molecule has 122 valence electrons. The van der Waals surface area contributed by atoms with Gasteiger partial charge in [-0.15, -0.1) is 0 Å². The highest BCUT2D eigenvalue weighted by atomic mass is 16.5. The Kier molecular flexibility index (Phi) is 5.97. The zero-order chi connectivity index (χ0) is 16.7. The number of ether oxygens (including phenoxy) is 1. The number of aromatic nitrogens is 1. The van der Waals surface area contributed by atoms with E-state index in [1.165, 1.54) is 0 Å². The van der Waals surface area contributed by atoms with E-state index < -0.39 is 0 Å². The van der Waals surface area contributed by atoms with Crippen molar-refractivity contribution in [2.24, 2.45) is 0 Å². The Bertz CT molecular complexity index is 671. The van der Waals surface area contributed by atoms with Crippen LogP contribution in [0.4, 0.5) is 10.5 Å². The fourth-order valence-electron chi connectivity index (χ4n) is 2.12. The van der Waals surface area contributed by atoms with Gasteiger partial charge in [-0.1, -0.05) is 13.0 Å². The highest BCUT2D eigenvalue weighted by molar-refractivity contribution is 5.90. The molecule has 2 N–H and O–H groups in total. The van der Waals surface area contributed by atoms with Gasteiger partial charge in [-0.3, -0.25) is 4.98 Å². The van der Waals surface area contributed by atoms with Crippen LogP contribution in [-0.4, -0.2) is 17.6 Å². The minimum Gasteiger partial charge on any atom is -0.494 e. The Morgan fingerprint density at radius 2 is 2.04 bits per heavy atom. The molecular weight excluding hydrogens is 290 g/mol. The van der Waals surface area contributed by atoms with Crippen LogP contribution in [0.2, 0.25) is 0 Å². The summed E-state index contributed by atoms with van der Waals surface area (Å²) >= 11 is 0. The van der Waals surface area contributed by atoms with Crippen LogP contribution >= 0.6 is 0 Å². The molecule has 0 bridgehead atoms. The maximum atomic E-state index is 12.0. The third kappa shape index (κ3) is 4.98. The van der Waals surface area contributed by atoms with Crippen molar-refractivity contribution in [1.29, 1.82) is 0 Å². The summed E-state index contributed by atoms with van der Waals surface area (Å²) in [6.45, 7) is 7.07. The maximum Gasteiger partial charge on any atom is 0.319 e. The second-order valence-corrected chi connectivity index (χ2v) is 5.40. The van der Waals surface area contributed by atoms with Gasteiger partial charge < -0.3 is 15.4 Å². The highest BCUT2D eigenvalue weighted by Gasteiger charge is 2.07. The first kappa shape index (κ1) is 16.8. The van der Waals surface area contributed by atoms with E-state index in [1.54, 1.807) is 6.20 Å². The summed E-state index contributed by atoms with van der Waals surface area (Å²) < 4.78 is 5.58. The van der Waals surface area contributed by atoms with Crippen LogP contribution in [0, 0.1) is 13.8 Å². The molecule has 2 rings (SSSR count). The molecule has 1 heterocycles. The molecule has 0 aliphatic carbocycles. The van der Waals surface area contributed by atoms with E-state index in [2.05, 4.69) is 22.5 Å². The molecule has 0 aliphatic rings. The molecule has 0 saturated carbocycles. The predicted molar refractivity (Wildman–Crippen MR) is 91.8 cm³/mol. The average Bonchev–Trinajstić information content (AvgIpc) is 2.54. The lowest BCUT2D eigenvalue weighted by Gasteiger charge is -2.12. The van der Waals surface area contributed by atoms with Gasteiger partial charge in [0.15, 0.2) is 0 Å². The van der Waals surface area contributed by atoms with Crippen molar-refractivity contribution < 1.29 is 9.53 Å². The van der Waals surface area contributed by atoms with Gasteiger partial charge in [-0.2, -0.15) is 0 Å². The Morgan fingerprint density at radius 1 is 1.22 bits per heavy atom. The molecular formula is C18H23N3O2. The summed E-state index contributed by atoms with van der Waals surface area (Å²) in [6, 6.07) is 9.24. The van der Waals surface area contributed by atoms with Gasteiger partial charge in [-0.05, 0) is 55.7 Å². The smallest absolute Gasteiger partial charge is 0.319 e. The van der Waals surface area contributed by atoms with Crippen LogP contribution < -0.4 is 15.4 Å². The van der Waals surface area contributed by atoms with E-state index in [0.717, 1.165) is 34.7 Å². The largest absolute Gasteiger partial charge is 0.494 e. The van der Waals surface area contributed by atoms with E-state index in [0.29, 0.717) is 13.2 Å². The topological polar surface area (TPSA) is 63.2 Å². The van der Waals surface area contributed by atoms with Gasteiger partial charge >= 0.3 is 6.03 Å². The number of pyridine rings is 1. The van der Waals surface area contributed by atoms with Crippen molar-refractivity contribution in [3.8, 4) is 5.75 Å². The van der Waals surface area contributed by atoms with Crippen LogP contribution in [0.15, 0.2) is 36.5 Å². The van der Waals surface area contributed by atoms with Crippen LogP contribution in [0.1, 0.15) is 30.2 Å². The lowest BCUT2D eigenvalue weighted by molar-refractivity contribution is 0.251. The number of rotatable bonds is 6. The molecule has 5 heteroatoms. The number of nitrogens with one attached hydrogen (secondary N) is 2. The quantitative estimate of drug-likeness (QED) is 0.852. The second-order valence-electron chi connectivity index (χ2n) is 5.40. The van der Waals surface area contributed by atoms with Crippen LogP contribution in [0.25, 0.3) is 0 Å². The molecule has 0 unspecified atom stereocenters. The third-order valence-corrected chi connectivity index (χ3v) is 3.45. The number of hydrogen-bond donors (Lipinski definition) is 2. The fraction of sp³-hybridized carbons (Fsp3) is 0.333. The Morgan fingerprint density at radius 3 is 2.74 bits per heavy atom. The molecule has 2 amide bonds. The summed E-state index contributed by atoms with van der Waals surface area (Å²) in [5, 5.41) is 5.67. The van der Waals surface area contributed by atoms with E-state index >= 15 is 0 Å². The van der Waals surface area contributed by atoms with Crippen molar-refractivity contribution >= 4 is 11.7 Å². The van der Waals surface area contributed by atoms with Crippen molar-refractivity contribution in [1.82, 2.24) is 10.3 Å². The van der Waals surface area contributed by atoms with E-state index in [4.69, 9.17) is 4.74 Å². The summed E-state index contributed by atoms with van der Waals surface area (Å²) in [7, 11) is 0. The Balaban J connectivity index is 1.91. The molecule has 1 aromatic carbocycles. The zero-order valence-electron chi connectivity index (χ0n) is 13.8. The van der Waals surface area contributed by atoms with Gasteiger partial charge in [0.2, 0.25) is 0 Å². The zero-order valence-corrected chi connectivity index (χ0v) is 13.8. The van der Waals surface area contributed by atoms with Crippen LogP contribution in [0.5, 0.6) is 5.75 Å². The molecule has 0 atom stereocenters. The number of carbonyl (C=O) groups excluding carboxylic acids is 1. The SMILES string of the molecule is CCCOc1ccc(NC(=O)NCc2ncccc2C)c(C)c1. The minimum atomic E-state index is -0.250.